The fourth-order valence-electron chi connectivity index (χ4n) is 2.26. The zero-order chi connectivity index (χ0) is 9.97. The van der Waals surface area contributed by atoms with E-state index in [0.717, 1.165) is 25.7 Å². The molecule has 2 nitrogen and oxygen atoms in total. The van der Waals surface area contributed by atoms with Crippen LogP contribution in [0.5, 0.6) is 0 Å². The smallest absolute Gasteiger partial charge is 0.133 e. The second-order valence-corrected chi connectivity index (χ2v) is 5.97. The van der Waals surface area contributed by atoms with Gasteiger partial charge in [-0.25, -0.2) is 0 Å². The summed E-state index contributed by atoms with van der Waals surface area (Å²) in [6.45, 7) is 0. The van der Waals surface area contributed by atoms with Gasteiger partial charge in [0.25, 0.3) is 0 Å². The molecule has 0 amide bonds. The summed E-state index contributed by atoms with van der Waals surface area (Å²) in [6.07, 6.45) is 5.95. The van der Waals surface area contributed by atoms with Crippen LogP contribution in [0.3, 0.4) is 0 Å². The van der Waals surface area contributed by atoms with E-state index in [2.05, 4.69) is 0 Å². The topological polar surface area (TPSA) is 37.3 Å². The Balaban J connectivity index is 1.53. The third kappa shape index (κ3) is 2.74. The minimum atomic E-state index is -0.0437. The van der Waals surface area contributed by atoms with E-state index >= 15 is 0 Å². The van der Waals surface area contributed by atoms with Crippen molar-refractivity contribution in [1.29, 1.82) is 0 Å². The number of hydrogen-bond donors (Lipinski definition) is 1. The molecule has 0 aromatic heterocycles. The molecule has 0 spiro atoms. The lowest BCUT2D eigenvalue weighted by Crippen LogP contribution is -2.23. The van der Waals surface area contributed by atoms with E-state index in [4.69, 9.17) is 0 Å². The summed E-state index contributed by atoms with van der Waals surface area (Å²) >= 11 is 2.00. The maximum atomic E-state index is 10.7. The summed E-state index contributed by atoms with van der Waals surface area (Å²) in [5.41, 5.74) is 0. The van der Waals surface area contributed by atoms with Crippen LogP contribution in [0, 0.1) is 5.92 Å². The number of aliphatic hydroxyl groups excluding tert-OH is 1. The third-order valence-corrected chi connectivity index (χ3v) is 4.64. The number of carbonyl (C=O) groups excluding carboxylic acids is 1. The molecular weight excluding hydrogens is 196 g/mol. The lowest BCUT2D eigenvalue weighted by molar-refractivity contribution is -0.126. The van der Waals surface area contributed by atoms with Crippen LogP contribution < -0.4 is 0 Å². The number of ketones is 1. The minimum absolute atomic E-state index is 0.0437. The van der Waals surface area contributed by atoms with Gasteiger partial charge in [-0.15, -0.1) is 0 Å². The van der Waals surface area contributed by atoms with Gasteiger partial charge in [0.05, 0.1) is 6.10 Å². The molecule has 1 N–H and O–H groups in total. The van der Waals surface area contributed by atoms with Gasteiger partial charge in [-0.2, -0.15) is 11.8 Å². The quantitative estimate of drug-likeness (QED) is 0.777. The Morgan fingerprint density at radius 3 is 2.71 bits per heavy atom. The molecule has 2 saturated carbocycles. The first kappa shape index (κ1) is 10.5. The van der Waals surface area contributed by atoms with Crippen LogP contribution in [-0.2, 0) is 4.79 Å². The van der Waals surface area contributed by atoms with Crippen LogP contribution in [-0.4, -0.2) is 28.0 Å². The summed E-state index contributed by atoms with van der Waals surface area (Å²) in [5.74, 6) is 2.30. The molecule has 80 valence electrons. The molecule has 2 fully saturated rings. The molecule has 0 aromatic rings. The Morgan fingerprint density at radius 2 is 2.14 bits per heavy atom. The molecule has 2 aliphatic rings. The molecule has 2 aliphatic carbocycles. The number of thioether (sulfide) groups is 1. The van der Waals surface area contributed by atoms with E-state index in [0.29, 0.717) is 17.0 Å². The number of aliphatic hydroxyl groups is 1. The first-order valence-electron chi connectivity index (χ1n) is 5.55. The summed E-state index contributed by atoms with van der Waals surface area (Å²) in [7, 11) is 0. The van der Waals surface area contributed by atoms with Crippen molar-refractivity contribution < 1.29 is 9.90 Å². The van der Waals surface area contributed by atoms with Crippen LogP contribution in [0.4, 0.5) is 0 Å². The van der Waals surface area contributed by atoms with Crippen molar-refractivity contribution in [3.63, 3.8) is 0 Å². The van der Waals surface area contributed by atoms with Crippen LogP contribution >= 0.6 is 11.8 Å². The highest BCUT2D eigenvalue weighted by Crippen LogP contribution is 2.33. The molecule has 0 bridgehead atoms. The Labute approximate surface area is 89.5 Å². The molecule has 0 aliphatic heterocycles. The molecule has 0 saturated heterocycles. The van der Waals surface area contributed by atoms with Crippen LogP contribution in [0.1, 0.15) is 38.5 Å². The summed E-state index contributed by atoms with van der Waals surface area (Å²) in [4.78, 5) is 10.7. The fourth-order valence-corrected chi connectivity index (χ4v) is 3.72. The summed E-state index contributed by atoms with van der Waals surface area (Å²) in [5, 5.41) is 10.0. The van der Waals surface area contributed by atoms with Crippen molar-refractivity contribution in [3.8, 4) is 0 Å². The van der Waals surface area contributed by atoms with Gasteiger partial charge in [-0.3, -0.25) is 4.79 Å². The molecule has 3 heteroatoms. The van der Waals surface area contributed by atoms with Gasteiger partial charge in [0.1, 0.15) is 5.78 Å². The first-order valence-corrected chi connectivity index (χ1v) is 6.60. The van der Waals surface area contributed by atoms with E-state index in [1.807, 2.05) is 11.8 Å². The average molecular weight is 214 g/mol. The van der Waals surface area contributed by atoms with Gasteiger partial charge < -0.3 is 5.11 Å². The second kappa shape index (κ2) is 4.67. The van der Waals surface area contributed by atoms with Crippen molar-refractivity contribution in [3.05, 3.63) is 0 Å². The number of carbonyl (C=O) groups is 1. The molecule has 0 radical (unpaired) electrons. The number of rotatable bonds is 4. The Kier molecular flexibility index (Phi) is 3.50. The second-order valence-electron chi connectivity index (χ2n) is 4.56. The Morgan fingerprint density at radius 1 is 1.36 bits per heavy atom. The van der Waals surface area contributed by atoms with Crippen molar-refractivity contribution in [2.24, 2.45) is 5.92 Å². The molecule has 14 heavy (non-hydrogen) atoms. The SMILES string of the molecule is O=C1CC(CCSC2CCC(O)C2)C1. The van der Waals surface area contributed by atoms with Gasteiger partial charge in [-0.1, -0.05) is 0 Å². The van der Waals surface area contributed by atoms with E-state index in [-0.39, 0.29) is 6.10 Å². The van der Waals surface area contributed by atoms with Gasteiger partial charge in [0, 0.05) is 18.1 Å². The van der Waals surface area contributed by atoms with Crippen molar-refractivity contribution in [1.82, 2.24) is 0 Å². The molecule has 2 rings (SSSR count). The first-order chi connectivity index (χ1) is 6.74. The summed E-state index contributed by atoms with van der Waals surface area (Å²) < 4.78 is 0. The molecule has 2 unspecified atom stereocenters. The lowest BCUT2D eigenvalue weighted by atomic mass is 9.82. The normalized spacial score (nSPS) is 33.4. The predicted molar refractivity (Wildman–Crippen MR) is 58.5 cm³/mol. The van der Waals surface area contributed by atoms with Gasteiger partial charge in [-0.05, 0) is 37.4 Å². The van der Waals surface area contributed by atoms with Crippen LogP contribution in [0.25, 0.3) is 0 Å². The van der Waals surface area contributed by atoms with Crippen molar-refractivity contribution in [2.75, 3.05) is 5.75 Å². The zero-order valence-electron chi connectivity index (χ0n) is 8.45. The highest BCUT2D eigenvalue weighted by molar-refractivity contribution is 7.99. The van der Waals surface area contributed by atoms with Gasteiger partial charge in [0.2, 0.25) is 0 Å². The Bertz CT molecular complexity index is 209. The molecule has 0 heterocycles. The van der Waals surface area contributed by atoms with E-state index in [1.54, 1.807) is 0 Å². The van der Waals surface area contributed by atoms with Crippen molar-refractivity contribution >= 4 is 17.5 Å². The standard InChI is InChI=1S/C11H18O2S/c12-9-1-2-11(7-9)14-4-3-8-5-10(13)6-8/h8-9,11-12H,1-7H2. The van der Waals surface area contributed by atoms with Crippen LogP contribution in [0.15, 0.2) is 0 Å². The predicted octanol–water partition coefficient (Wildman–Crippen LogP) is 2.00. The molecule has 2 atom stereocenters. The highest BCUT2D eigenvalue weighted by Gasteiger charge is 2.27. The third-order valence-electron chi connectivity index (χ3n) is 3.27. The Hall–Kier alpha value is -0.0200. The fraction of sp³-hybridized carbons (Fsp3) is 0.909. The van der Waals surface area contributed by atoms with E-state index in [9.17, 15) is 9.90 Å². The minimum Gasteiger partial charge on any atom is -0.393 e. The van der Waals surface area contributed by atoms with Gasteiger partial charge in [0.15, 0.2) is 0 Å². The van der Waals surface area contributed by atoms with Crippen molar-refractivity contribution in [2.45, 2.75) is 49.9 Å². The van der Waals surface area contributed by atoms with Gasteiger partial charge >= 0.3 is 0 Å². The monoisotopic (exact) mass is 214 g/mol. The average Bonchev–Trinajstić information content (AvgIpc) is 2.48. The highest BCUT2D eigenvalue weighted by atomic mass is 32.2. The lowest BCUT2D eigenvalue weighted by Gasteiger charge is -2.24. The number of Topliss-reactive ketones (excluding diaryl/α,β-unsaturated/α-hetero) is 1. The number of hydrogen-bond acceptors (Lipinski definition) is 3. The molecule has 0 aromatic carbocycles. The largest absolute Gasteiger partial charge is 0.393 e. The maximum Gasteiger partial charge on any atom is 0.133 e. The van der Waals surface area contributed by atoms with E-state index < -0.39 is 0 Å². The molecular formula is C11H18O2S. The van der Waals surface area contributed by atoms with E-state index in [1.165, 1.54) is 18.6 Å². The maximum absolute atomic E-state index is 10.7. The zero-order valence-corrected chi connectivity index (χ0v) is 9.26. The summed E-state index contributed by atoms with van der Waals surface area (Å²) in [6, 6.07) is 0. The van der Waals surface area contributed by atoms with Crippen LogP contribution in [0.2, 0.25) is 0 Å².